The highest BCUT2D eigenvalue weighted by Crippen LogP contribution is 2.24. The molecule has 2 aromatic rings. The molecular formula is C19H21NO. The Hall–Kier alpha value is -2.09. The minimum absolute atomic E-state index is 0.184. The van der Waals surface area contributed by atoms with Gasteiger partial charge in [0.15, 0.2) is 5.78 Å². The average Bonchev–Trinajstić information content (AvgIpc) is 2.95. The van der Waals surface area contributed by atoms with Crippen LogP contribution in [0.1, 0.15) is 46.8 Å². The van der Waals surface area contributed by atoms with Crippen LogP contribution in [0.15, 0.2) is 42.5 Å². The summed E-state index contributed by atoms with van der Waals surface area (Å²) < 4.78 is 0. The van der Waals surface area contributed by atoms with Gasteiger partial charge in [-0.15, -0.1) is 0 Å². The van der Waals surface area contributed by atoms with Gasteiger partial charge in [0, 0.05) is 24.2 Å². The van der Waals surface area contributed by atoms with Gasteiger partial charge in [-0.3, -0.25) is 4.79 Å². The maximum atomic E-state index is 12.4. The van der Waals surface area contributed by atoms with Gasteiger partial charge < -0.3 is 5.32 Å². The Morgan fingerprint density at radius 1 is 1.14 bits per heavy atom. The Labute approximate surface area is 126 Å². The monoisotopic (exact) mass is 279 g/mol. The topological polar surface area (TPSA) is 29.1 Å². The van der Waals surface area contributed by atoms with E-state index >= 15 is 0 Å². The molecule has 0 atom stereocenters. The lowest BCUT2D eigenvalue weighted by molar-refractivity contribution is 0.0993. The molecule has 2 heteroatoms. The van der Waals surface area contributed by atoms with Crippen LogP contribution in [0.4, 0.5) is 5.69 Å². The number of benzene rings is 2. The van der Waals surface area contributed by atoms with Crippen LogP contribution in [0.3, 0.4) is 0 Å². The Balaban J connectivity index is 1.74. The van der Waals surface area contributed by atoms with Crippen LogP contribution >= 0.6 is 0 Å². The molecule has 1 heterocycles. The zero-order chi connectivity index (χ0) is 14.8. The fourth-order valence-corrected chi connectivity index (χ4v) is 2.77. The summed E-state index contributed by atoms with van der Waals surface area (Å²) in [5.74, 6) is 0.710. The molecule has 2 nitrogen and oxygen atoms in total. The number of nitrogens with one attached hydrogen (secondary N) is 1. The van der Waals surface area contributed by atoms with Gasteiger partial charge in [-0.25, -0.2) is 0 Å². The van der Waals surface area contributed by atoms with E-state index in [0.29, 0.717) is 12.3 Å². The first kappa shape index (κ1) is 13.9. The minimum Gasteiger partial charge on any atom is -0.384 e. The normalized spacial score (nSPS) is 13.1. The van der Waals surface area contributed by atoms with Crippen molar-refractivity contribution >= 4 is 11.5 Å². The molecule has 108 valence electrons. The van der Waals surface area contributed by atoms with Crippen molar-refractivity contribution in [1.82, 2.24) is 0 Å². The first-order valence-corrected chi connectivity index (χ1v) is 7.62. The fourth-order valence-electron chi connectivity index (χ4n) is 2.77. The van der Waals surface area contributed by atoms with Crippen molar-refractivity contribution in [3.05, 3.63) is 64.7 Å². The molecule has 1 aliphatic rings. The van der Waals surface area contributed by atoms with E-state index in [1.54, 1.807) is 0 Å². The van der Waals surface area contributed by atoms with Crippen molar-refractivity contribution in [2.24, 2.45) is 0 Å². The molecule has 0 fully saturated rings. The van der Waals surface area contributed by atoms with Crippen LogP contribution in [0, 0.1) is 0 Å². The molecule has 0 aliphatic carbocycles. The highest BCUT2D eigenvalue weighted by atomic mass is 16.1. The van der Waals surface area contributed by atoms with E-state index in [4.69, 9.17) is 0 Å². The summed E-state index contributed by atoms with van der Waals surface area (Å²) in [7, 11) is 0. The number of rotatable bonds is 4. The predicted molar refractivity (Wildman–Crippen MR) is 87.2 cm³/mol. The molecule has 0 unspecified atom stereocenters. The maximum absolute atomic E-state index is 12.4. The lowest BCUT2D eigenvalue weighted by atomic mass is 9.97. The van der Waals surface area contributed by atoms with Gasteiger partial charge in [-0.1, -0.05) is 50.2 Å². The third-order valence-corrected chi connectivity index (χ3v) is 4.15. The summed E-state index contributed by atoms with van der Waals surface area (Å²) in [5, 5.41) is 3.33. The fraction of sp³-hybridized carbons (Fsp3) is 0.316. The molecule has 1 N–H and O–H groups in total. The van der Waals surface area contributed by atoms with Crippen molar-refractivity contribution in [2.75, 3.05) is 11.9 Å². The Kier molecular flexibility index (Phi) is 3.78. The lowest BCUT2D eigenvalue weighted by Gasteiger charge is -2.07. The summed E-state index contributed by atoms with van der Waals surface area (Å²) >= 11 is 0. The molecule has 2 aromatic carbocycles. The molecule has 0 saturated carbocycles. The summed E-state index contributed by atoms with van der Waals surface area (Å²) in [5.41, 5.74) is 5.63. The largest absolute Gasteiger partial charge is 0.384 e. The van der Waals surface area contributed by atoms with Gasteiger partial charge in [-0.05, 0) is 35.1 Å². The van der Waals surface area contributed by atoms with E-state index < -0.39 is 0 Å². The number of hydrogen-bond acceptors (Lipinski definition) is 2. The van der Waals surface area contributed by atoms with Crippen LogP contribution in [-0.2, 0) is 12.8 Å². The van der Waals surface area contributed by atoms with E-state index in [1.165, 1.54) is 11.1 Å². The smallest absolute Gasteiger partial charge is 0.167 e. The average molecular weight is 279 g/mol. The first-order chi connectivity index (χ1) is 10.1. The second-order valence-corrected chi connectivity index (χ2v) is 6.04. The number of carbonyl (C=O) groups excluding carboxylic acids is 1. The van der Waals surface area contributed by atoms with E-state index in [1.807, 2.05) is 12.1 Å². The van der Waals surface area contributed by atoms with Gasteiger partial charge in [-0.2, -0.15) is 0 Å². The van der Waals surface area contributed by atoms with Crippen LogP contribution < -0.4 is 5.32 Å². The third-order valence-electron chi connectivity index (χ3n) is 4.15. The second-order valence-electron chi connectivity index (χ2n) is 6.04. The highest BCUT2D eigenvalue weighted by Gasteiger charge is 2.13. The van der Waals surface area contributed by atoms with E-state index in [0.717, 1.165) is 29.8 Å². The molecule has 1 aliphatic heterocycles. The standard InChI is InChI=1S/C19H21NO/c1-13(2)15-5-3-14(4-6-15)11-19(21)17-8-7-16-9-10-20-18(16)12-17/h3-8,12-13,20H,9-11H2,1-2H3. The number of carbonyl (C=O) groups is 1. The van der Waals surface area contributed by atoms with E-state index in [-0.39, 0.29) is 5.78 Å². The van der Waals surface area contributed by atoms with Gasteiger partial charge in [0.05, 0.1) is 0 Å². The van der Waals surface area contributed by atoms with Crippen molar-refractivity contribution in [1.29, 1.82) is 0 Å². The first-order valence-electron chi connectivity index (χ1n) is 7.62. The van der Waals surface area contributed by atoms with Crippen LogP contribution in [-0.4, -0.2) is 12.3 Å². The van der Waals surface area contributed by atoms with Crippen molar-refractivity contribution in [2.45, 2.75) is 32.6 Å². The molecule has 0 spiro atoms. The number of hydrogen-bond donors (Lipinski definition) is 1. The van der Waals surface area contributed by atoms with E-state index in [2.05, 4.69) is 49.5 Å². The zero-order valence-electron chi connectivity index (χ0n) is 12.6. The quantitative estimate of drug-likeness (QED) is 0.850. The number of ketones is 1. The number of Topliss-reactive ketones (excluding diaryl/α,β-unsaturated/α-hetero) is 1. The van der Waals surface area contributed by atoms with Gasteiger partial charge in [0.25, 0.3) is 0 Å². The maximum Gasteiger partial charge on any atom is 0.167 e. The third kappa shape index (κ3) is 2.99. The Morgan fingerprint density at radius 2 is 1.90 bits per heavy atom. The molecule has 0 bridgehead atoms. The molecular weight excluding hydrogens is 258 g/mol. The van der Waals surface area contributed by atoms with Crippen LogP contribution in [0.25, 0.3) is 0 Å². The predicted octanol–water partition coefficient (Wildman–Crippen LogP) is 4.20. The number of anilines is 1. The van der Waals surface area contributed by atoms with Crippen LogP contribution in [0.5, 0.6) is 0 Å². The van der Waals surface area contributed by atoms with Crippen molar-refractivity contribution in [3.63, 3.8) is 0 Å². The minimum atomic E-state index is 0.184. The van der Waals surface area contributed by atoms with Gasteiger partial charge >= 0.3 is 0 Å². The molecule has 0 radical (unpaired) electrons. The molecule has 0 amide bonds. The van der Waals surface area contributed by atoms with Crippen molar-refractivity contribution in [3.8, 4) is 0 Å². The SMILES string of the molecule is CC(C)c1ccc(CC(=O)c2ccc3c(c2)NCC3)cc1. The molecule has 21 heavy (non-hydrogen) atoms. The van der Waals surface area contributed by atoms with Gasteiger partial charge in [0.1, 0.15) is 0 Å². The summed E-state index contributed by atoms with van der Waals surface area (Å²) in [6, 6.07) is 14.4. The van der Waals surface area contributed by atoms with E-state index in [9.17, 15) is 4.79 Å². The Bertz CT molecular complexity index is 656. The molecule has 3 rings (SSSR count). The summed E-state index contributed by atoms with van der Waals surface area (Å²) in [6.07, 6.45) is 1.53. The van der Waals surface area contributed by atoms with Gasteiger partial charge in [0.2, 0.25) is 0 Å². The second kappa shape index (κ2) is 5.72. The Morgan fingerprint density at radius 3 is 2.62 bits per heavy atom. The summed E-state index contributed by atoms with van der Waals surface area (Å²) in [4.78, 5) is 12.4. The van der Waals surface area contributed by atoms with Crippen LogP contribution in [0.2, 0.25) is 0 Å². The molecule has 0 saturated heterocycles. The number of fused-ring (bicyclic) bond motifs is 1. The summed E-state index contributed by atoms with van der Waals surface area (Å²) in [6.45, 7) is 5.33. The van der Waals surface area contributed by atoms with Crippen molar-refractivity contribution < 1.29 is 4.79 Å². The lowest BCUT2D eigenvalue weighted by Crippen LogP contribution is -2.04. The zero-order valence-corrected chi connectivity index (χ0v) is 12.6. The highest BCUT2D eigenvalue weighted by molar-refractivity contribution is 5.98. The molecule has 0 aromatic heterocycles.